The van der Waals surface area contributed by atoms with Crippen molar-refractivity contribution in [2.24, 2.45) is 5.41 Å². The molecule has 0 unspecified atom stereocenters. The normalized spacial score (nSPS) is 19.9. The van der Waals surface area contributed by atoms with Gasteiger partial charge in [0.25, 0.3) is 0 Å². The summed E-state index contributed by atoms with van der Waals surface area (Å²) in [6.07, 6.45) is 2.35. The smallest absolute Gasteiger partial charge is 0.309 e. The first kappa shape index (κ1) is 23.8. The quantitative estimate of drug-likeness (QED) is 0.346. The zero-order valence-corrected chi connectivity index (χ0v) is 20.4. The molecule has 7 nitrogen and oxygen atoms in total. The third-order valence-corrected chi connectivity index (χ3v) is 7.52. The fraction of sp³-hybridized carbons (Fsp3) is 0.370. The largest absolute Gasteiger partial charge is 0.494 e. The number of rotatable bonds is 6. The van der Waals surface area contributed by atoms with Crippen LogP contribution < -0.4 is 4.74 Å². The number of nitriles is 1. The third kappa shape index (κ3) is 3.35. The summed E-state index contributed by atoms with van der Waals surface area (Å²) in [5, 5.41) is 27.0. The number of hydrogen-bond acceptors (Lipinski definition) is 4. The lowest BCUT2D eigenvalue weighted by Gasteiger charge is -2.43. The van der Waals surface area contributed by atoms with E-state index < -0.39 is 28.4 Å². The second-order valence-corrected chi connectivity index (χ2v) is 10.5. The van der Waals surface area contributed by atoms with E-state index in [-0.39, 0.29) is 23.6 Å². The molecule has 1 saturated carbocycles. The summed E-state index contributed by atoms with van der Waals surface area (Å²) in [5.41, 5.74) is 1.07. The van der Waals surface area contributed by atoms with E-state index >= 15 is 4.39 Å². The average molecular weight is 493 g/mol. The number of carboxylic acids is 1. The van der Waals surface area contributed by atoms with Gasteiger partial charge in [0.15, 0.2) is 17.4 Å². The SMILES string of the molecule is COc1cc(-n2c(C(C)(C)CC#N)c(C3CC(C)(C(=O)O)C3)c3c(F)c4[nH]ncc4cc32)ccc1F. The molecule has 1 aliphatic carbocycles. The summed E-state index contributed by atoms with van der Waals surface area (Å²) in [7, 11) is 1.37. The molecule has 2 aromatic carbocycles. The zero-order chi connectivity index (χ0) is 26.0. The molecular weight excluding hydrogens is 466 g/mol. The van der Waals surface area contributed by atoms with Gasteiger partial charge in [-0.2, -0.15) is 10.4 Å². The predicted molar refractivity (Wildman–Crippen MR) is 130 cm³/mol. The maximum Gasteiger partial charge on any atom is 0.309 e. The van der Waals surface area contributed by atoms with Crippen molar-refractivity contribution in [2.45, 2.75) is 51.4 Å². The highest BCUT2D eigenvalue weighted by atomic mass is 19.1. The summed E-state index contributed by atoms with van der Waals surface area (Å²) in [6.45, 7) is 5.51. The highest BCUT2D eigenvalue weighted by Crippen LogP contribution is 2.56. The van der Waals surface area contributed by atoms with E-state index in [0.717, 1.165) is 0 Å². The number of H-pyrrole nitrogens is 1. The van der Waals surface area contributed by atoms with Crippen molar-refractivity contribution in [3.8, 4) is 17.5 Å². The van der Waals surface area contributed by atoms with Gasteiger partial charge in [-0.05, 0) is 49.4 Å². The number of carbonyl (C=O) groups is 1. The number of nitrogens with one attached hydrogen (secondary N) is 1. The first-order valence-corrected chi connectivity index (χ1v) is 11.7. The van der Waals surface area contributed by atoms with Gasteiger partial charge >= 0.3 is 5.97 Å². The molecule has 5 rings (SSSR count). The van der Waals surface area contributed by atoms with Crippen molar-refractivity contribution in [3.05, 3.63) is 53.4 Å². The molecule has 0 bridgehead atoms. The highest BCUT2D eigenvalue weighted by molar-refractivity contribution is 6.00. The molecule has 0 radical (unpaired) electrons. The standard InChI is InChI=1S/C27H26F2N4O3/c1-26(2,7-8-30)24-20(15-11-27(3,12-15)25(34)35)21-18(9-14-13-31-32-23(14)22(21)29)33(24)16-5-6-17(28)19(10-16)36-4/h5-6,9-10,13,15H,7,11-12H2,1-4H3,(H,31,32)(H,34,35). The molecule has 1 aliphatic rings. The van der Waals surface area contributed by atoms with E-state index in [0.29, 0.717) is 46.1 Å². The number of aliphatic carboxylic acids is 1. The average Bonchev–Trinajstić information content (AvgIpc) is 3.41. The molecule has 0 atom stereocenters. The molecule has 1 fully saturated rings. The predicted octanol–water partition coefficient (Wildman–Crippen LogP) is 5.95. The Morgan fingerprint density at radius 3 is 2.72 bits per heavy atom. The molecule has 9 heteroatoms. The van der Waals surface area contributed by atoms with Crippen LogP contribution in [-0.2, 0) is 10.2 Å². The first-order chi connectivity index (χ1) is 17.0. The number of aromatic amines is 1. The van der Waals surface area contributed by atoms with E-state index in [4.69, 9.17) is 4.74 Å². The van der Waals surface area contributed by atoms with Crippen LogP contribution in [0, 0.1) is 28.4 Å². The molecule has 0 saturated heterocycles. The van der Waals surface area contributed by atoms with E-state index in [1.54, 1.807) is 19.1 Å². The Kier molecular flexibility index (Phi) is 5.32. The molecule has 2 heterocycles. The number of hydrogen-bond donors (Lipinski definition) is 2. The molecule has 36 heavy (non-hydrogen) atoms. The third-order valence-electron chi connectivity index (χ3n) is 7.52. The van der Waals surface area contributed by atoms with Crippen molar-refractivity contribution in [2.75, 3.05) is 7.11 Å². The van der Waals surface area contributed by atoms with Crippen LogP contribution in [0.25, 0.3) is 27.5 Å². The van der Waals surface area contributed by atoms with Crippen LogP contribution in [0.2, 0.25) is 0 Å². The van der Waals surface area contributed by atoms with Gasteiger partial charge in [0.05, 0.1) is 30.3 Å². The van der Waals surface area contributed by atoms with Crippen LogP contribution in [0.4, 0.5) is 8.78 Å². The van der Waals surface area contributed by atoms with E-state index in [9.17, 15) is 19.6 Å². The van der Waals surface area contributed by atoms with Crippen molar-refractivity contribution < 1.29 is 23.4 Å². The van der Waals surface area contributed by atoms with Gasteiger partial charge in [-0.25, -0.2) is 8.78 Å². The molecule has 0 aliphatic heterocycles. The number of halogens is 2. The molecule has 0 spiro atoms. The summed E-state index contributed by atoms with van der Waals surface area (Å²) >= 11 is 0. The minimum absolute atomic E-state index is 0.0342. The molecular formula is C27H26F2N4O3. The molecule has 0 amide bonds. The second kappa shape index (κ2) is 8.05. The maximum atomic E-state index is 16.2. The van der Waals surface area contributed by atoms with Gasteiger partial charge in [-0.15, -0.1) is 0 Å². The fourth-order valence-electron chi connectivity index (χ4n) is 5.64. The lowest BCUT2D eigenvalue weighted by atomic mass is 9.59. The van der Waals surface area contributed by atoms with Crippen LogP contribution in [0.15, 0.2) is 30.5 Å². The van der Waals surface area contributed by atoms with E-state index in [2.05, 4.69) is 16.3 Å². The first-order valence-electron chi connectivity index (χ1n) is 11.7. The number of carboxylic acid groups (broad SMARTS) is 1. The van der Waals surface area contributed by atoms with Gasteiger partial charge in [-0.1, -0.05) is 13.8 Å². The molecule has 2 N–H and O–H groups in total. The van der Waals surface area contributed by atoms with Crippen LogP contribution in [0.5, 0.6) is 5.75 Å². The topological polar surface area (TPSA) is 104 Å². The summed E-state index contributed by atoms with van der Waals surface area (Å²) in [5.74, 6) is -2.11. The van der Waals surface area contributed by atoms with Crippen LogP contribution in [0.3, 0.4) is 0 Å². The minimum Gasteiger partial charge on any atom is -0.494 e. The fourth-order valence-corrected chi connectivity index (χ4v) is 5.64. The van der Waals surface area contributed by atoms with Gasteiger partial charge < -0.3 is 14.4 Å². The van der Waals surface area contributed by atoms with Gasteiger partial charge in [-0.3, -0.25) is 9.89 Å². The van der Waals surface area contributed by atoms with E-state index in [1.165, 1.54) is 19.4 Å². The molecule has 186 valence electrons. The lowest BCUT2D eigenvalue weighted by molar-refractivity contribution is -0.154. The minimum atomic E-state index is -0.913. The summed E-state index contributed by atoms with van der Waals surface area (Å²) in [4.78, 5) is 11.9. The van der Waals surface area contributed by atoms with Crippen molar-refractivity contribution in [1.29, 1.82) is 5.26 Å². The number of ether oxygens (including phenoxy) is 1. The number of aromatic nitrogens is 3. The number of nitrogens with zero attached hydrogens (tertiary/aromatic N) is 3. The number of methoxy groups -OCH3 is 1. The number of fused-ring (bicyclic) bond motifs is 2. The summed E-state index contributed by atoms with van der Waals surface area (Å²) < 4.78 is 37.6. The summed E-state index contributed by atoms with van der Waals surface area (Å²) in [6, 6.07) is 8.48. The number of benzene rings is 2. The van der Waals surface area contributed by atoms with E-state index in [1.807, 2.05) is 24.5 Å². The Balaban J connectivity index is 1.92. The Hall–Kier alpha value is -3.93. The van der Waals surface area contributed by atoms with Crippen molar-refractivity contribution in [3.63, 3.8) is 0 Å². The maximum absolute atomic E-state index is 16.2. The second-order valence-electron chi connectivity index (χ2n) is 10.5. The monoisotopic (exact) mass is 492 g/mol. The lowest BCUT2D eigenvalue weighted by Crippen LogP contribution is -2.41. The van der Waals surface area contributed by atoms with Gasteiger partial charge in [0.2, 0.25) is 0 Å². The Morgan fingerprint density at radius 1 is 1.36 bits per heavy atom. The zero-order valence-electron chi connectivity index (χ0n) is 20.4. The van der Waals surface area contributed by atoms with Crippen LogP contribution in [0.1, 0.15) is 57.2 Å². The molecule has 4 aromatic rings. The molecule has 2 aromatic heterocycles. The Morgan fingerprint density at radius 2 is 2.08 bits per heavy atom. The Labute approximate surface area is 206 Å². The van der Waals surface area contributed by atoms with Crippen molar-refractivity contribution >= 4 is 27.8 Å². The van der Waals surface area contributed by atoms with Crippen LogP contribution in [-0.4, -0.2) is 33.0 Å². The van der Waals surface area contributed by atoms with Gasteiger partial charge in [0.1, 0.15) is 5.52 Å². The van der Waals surface area contributed by atoms with Crippen LogP contribution >= 0.6 is 0 Å². The highest BCUT2D eigenvalue weighted by Gasteiger charge is 2.50. The van der Waals surface area contributed by atoms with Crippen molar-refractivity contribution in [1.82, 2.24) is 14.8 Å². The Bertz CT molecular complexity index is 1570. The van der Waals surface area contributed by atoms with Gasteiger partial charge in [0, 0.05) is 40.1 Å².